The molecule has 4 nitrogen and oxygen atoms in total. The number of nitrogens with zero attached hydrogens (tertiary/aromatic N) is 1. The van der Waals surface area contributed by atoms with Gasteiger partial charge in [-0.1, -0.05) is 29.8 Å². The van der Waals surface area contributed by atoms with Gasteiger partial charge in [0.05, 0.1) is 25.8 Å². The first-order valence-corrected chi connectivity index (χ1v) is 9.47. The Bertz CT molecular complexity index is 756. The van der Waals surface area contributed by atoms with Gasteiger partial charge in [0.15, 0.2) is 12.3 Å². The lowest BCUT2D eigenvalue weighted by Gasteiger charge is -2.35. The van der Waals surface area contributed by atoms with Gasteiger partial charge in [-0.25, -0.2) is 0 Å². The smallest absolute Gasteiger partial charge is 0.279 e. The highest BCUT2D eigenvalue weighted by Gasteiger charge is 2.33. The third-order valence-electron chi connectivity index (χ3n) is 5.05. The van der Waals surface area contributed by atoms with Crippen LogP contribution in [0.1, 0.15) is 25.7 Å². The number of ether oxygens (including phenoxy) is 1. The van der Waals surface area contributed by atoms with Crippen LogP contribution in [-0.4, -0.2) is 37.1 Å². The van der Waals surface area contributed by atoms with E-state index < -0.39 is 0 Å². The Morgan fingerprint density at radius 1 is 1.15 bits per heavy atom. The lowest BCUT2D eigenvalue weighted by molar-refractivity contribution is -0.906. The molecule has 0 spiro atoms. The van der Waals surface area contributed by atoms with Gasteiger partial charge in [-0.2, -0.15) is 0 Å². The minimum absolute atomic E-state index is 0.0259. The molecular weight excluding hydrogens is 348 g/mol. The van der Waals surface area contributed by atoms with Crippen LogP contribution < -0.4 is 10.1 Å². The Morgan fingerprint density at radius 2 is 1.85 bits per heavy atom. The third kappa shape index (κ3) is 4.77. The molecule has 0 aliphatic heterocycles. The minimum atomic E-state index is -0.0259. The second-order valence-corrected chi connectivity index (χ2v) is 7.92. The standard InChI is InChI=1S/C21H25ClN2O2/c1-24(2,17-8-6-7-9-17)15-21(25)23-19-14-16(22)12-13-20(19)26-18-10-4-3-5-11-18/h3-5,10-14,17H,6-9,15H2,1-2H3/p+1. The zero-order valence-corrected chi connectivity index (χ0v) is 16.1. The first-order valence-electron chi connectivity index (χ1n) is 9.09. The largest absolute Gasteiger partial charge is 0.455 e. The van der Waals surface area contributed by atoms with Gasteiger partial charge in [0.1, 0.15) is 5.75 Å². The van der Waals surface area contributed by atoms with Crippen molar-refractivity contribution in [3.8, 4) is 11.5 Å². The zero-order chi connectivity index (χ0) is 18.6. The van der Waals surface area contributed by atoms with Crippen molar-refractivity contribution in [2.45, 2.75) is 31.7 Å². The van der Waals surface area contributed by atoms with E-state index in [0.717, 1.165) is 0 Å². The van der Waals surface area contributed by atoms with E-state index in [1.54, 1.807) is 18.2 Å². The molecule has 5 heteroatoms. The number of anilines is 1. The second-order valence-electron chi connectivity index (χ2n) is 7.48. The Balaban J connectivity index is 1.72. The lowest BCUT2D eigenvalue weighted by atomic mass is 10.2. The average Bonchev–Trinajstić information content (AvgIpc) is 3.13. The Labute approximate surface area is 160 Å². The van der Waals surface area contributed by atoms with Crippen molar-refractivity contribution in [2.75, 3.05) is 26.0 Å². The van der Waals surface area contributed by atoms with Crippen LogP contribution in [-0.2, 0) is 4.79 Å². The van der Waals surface area contributed by atoms with Crippen LogP contribution in [0.5, 0.6) is 11.5 Å². The monoisotopic (exact) mass is 373 g/mol. The molecule has 1 fully saturated rings. The summed E-state index contributed by atoms with van der Waals surface area (Å²) in [4.78, 5) is 12.7. The summed E-state index contributed by atoms with van der Waals surface area (Å²) in [7, 11) is 4.27. The molecule has 1 saturated carbocycles. The number of hydrogen-bond acceptors (Lipinski definition) is 2. The molecule has 0 atom stereocenters. The number of rotatable bonds is 6. The van der Waals surface area contributed by atoms with Crippen LogP contribution in [0.2, 0.25) is 5.02 Å². The summed E-state index contributed by atoms with van der Waals surface area (Å²) >= 11 is 6.13. The molecule has 26 heavy (non-hydrogen) atoms. The lowest BCUT2D eigenvalue weighted by Crippen LogP contribution is -2.51. The number of para-hydroxylation sites is 1. The summed E-state index contributed by atoms with van der Waals surface area (Å²) in [5, 5.41) is 3.55. The maximum atomic E-state index is 12.7. The Hall–Kier alpha value is -2.04. The van der Waals surface area contributed by atoms with Crippen LogP contribution in [0.15, 0.2) is 48.5 Å². The second kappa shape index (κ2) is 8.11. The van der Waals surface area contributed by atoms with Crippen molar-refractivity contribution in [1.29, 1.82) is 0 Å². The van der Waals surface area contributed by atoms with Gasteiger partial charge < -0.3 is 14.5 Å². The van der Waals surface area contributed by atoms with Gasteiger partial charge in [0.25, 0.3) is 5.91 Å². The van der Waals surface area contributed by atoms with Crippen LogP contribution in [0.3, 0.4) is 0 Å². The fraction of sp³-hybridized carbons (Fsp3) is 0.381. The number of carbonyl (C=O) groups excluding carboxylic acids is 1. The highest BCUT2D eigenvalue weighted by atomic mass is 35.5. The molecule has 1 N–H and O–H groups in total. The molecule has 1 aliphatic rings. The maximum Gasteiger partial charge on any atom is 0.279 e. The number of hydrogen-bond donors (Lipinski definition) is 1. The van der Waals surface area contributed by atoms with Crippen molar-refractivity contribution in [3.05, 3.63) is 53.6 Å². The van der Waals surface area contributed by atoms with Crippen molar-refractivity contribution < 1.29 is 14.0 Å². The number of benzene rings is 2. The summed E-state index contributed by atoms with van der Waals surface area (Å²) in [6, 6.07) is 15.3. The van der Waals surface area contributed by atoms with E-state index in [4.69, 9.17) is 16.3 Å². The summed E-state index contributed by atoms with van der Waals surface area (Å²) in [5.74, 6) is 1.27. The zero-order valence-electron chi connectivity index (χ0n) is 15.4. The van der Waals surface area contributed by atoms with Crippen LogP contribution in [0, 0.1) is 0 Å². The van der Waals surface area contributed by atoms with Gasteiger partial charge in [-0.05, 0) is 56.0 Å². The number of halogens is 1. The van der Waals surface area contributed by atoms with Gasteiger partial charge in [-0.15, -0.1) is 0 Å². The molecule has 138 valence electrons. The van der Waals surface area contributed by atoms with Gasteiger partial charge in [-0.3, -0.25) is 4.79 Å². The van der Waals surface area contributed by atoms with E-state index in [-0.39, 0.29) is 5.91 Å². The summed E-state index contributed by atoms with van der Waals surface area (Å²) in [6.07, 6.45) is 4.91. The summed E-state index contributed by atoms with van der Waals surface area (Å²) in [6.45, 7) is 0.432. The number of quaternary nitrogens is 1. The van der Waals surface area contributed by atoms with Gasteiger partial charge in [0.2, 0.25) is 0 Å². The number of nitrogens with one attached hydrogen (secondary N) is 1. The average molecular weight is 374 g/mol. The van der Waals surface area contributed by atoms with E-state index in [1.807, 2.05) is 30.3 Å². The van der Waals surface area contributed by atoms with Crippen LogP contribution in [0.4, 0.5) is 5.69 Å². The molecule has 0 heterocycles. The molecule has 0 saturated heterocycles. The van der Waals surface area contributed by atoms with Crippen LogP contribution >= 0.6 is 11.6 Å². The molecule has 0 radical (unpaired) electrons. The normalized spacial score (nSPS) is 15.0. The van der Waals surface area contributed by atoms with Gasteiger partial charge in [0, 0.05) is 5.02 Å². The van der Waals surface area contributed by atoms with Crippen molar-refractivity contribution in [1.82, 2.24) is 0 Å². The number of likely N-dealkylation sites (N-methyl/N-ethyl adjacent to an activating group) is 1. The van der Waals surface area contributed by atoms with Crippen LogP contribution in [0.25, 0.3) is 0 Å². The molecule has 1 amide bonds. The third-order valence-corrected chi connectivity index (χ3v) is 5.29. The van der Waals surface area contributed by atoms with Crippen molar-refractivity contribution in [3.63, 3.8) is 0 Å². The molecule has 2 aromatic rings. The quantitative estimate of drug-likeness (QED) is 0.716. The SMILES string of the molecule is C[N+](C)(CC(=O)Nc1cc(Cl)ccc1Oc1ccccc1)C1CCCC1. The van der Waals surface area contributed by atoms with E-state index >= 15 is 0 Å². The van der Waals surface area contributed by atoms with E-state index in [9.17, 15) is 4.79 Å². The molecule has 0 aromatic heterocycles. The molecule has 0 bridgehead atoms. The summed E-state index contributed by atoms with van der Waals surface area (Å²) < 4.78 is 6.63. The first-order chi connectivity index (χ1) is 12.4. The fourth-order valence-corrected chi connectivity index (χ4v) is 3.77. The fourth-order valence-electron chi connectivity index (χ4n) is 3.60. The number of carbonyl (C=O) groups is 1. The maximum absolute atomic E-state index is 12.7. The van der Waals surface area contributed by atoms with Gasteiger partial charge >= 0.3 is 0 Å². The van der Waals surface area contributed by atoms with Crippen molar-refractivity contribution >= 4 is 23.2 Å². The highest BCUT2D eigenvalue weighted by molar-refractivity contribution is 6.31. The summed E-state index contributed by atoms with van der Waals surface area (Å²) in [5.41, 5.74) is 0.595. The molecular formula is C21H26ClN2O2+. The Kier molecular flexibility index (Phi) is 5.84. The predicted octanol–water partition coefficient (Wildman–Crippen LogP) is 5.09. The molecule has 3 rings (SSSR count). The first kappa shape index (κ1) is 18.7. The molecule has 1 aliphatic carbocycles. The van der Waals surface area contributed by atoms with Crippen molar-refractivity contribution in [2.24, 2.45) is 0 Å². The Morgan fingerprint density at radius 3 is 2.54 bits per heavy atom. The minimum Gasteiger partial charge on any atom is -0.455 e. The number of amides is 1. The molecule has 0 unspecified atom stereocenters. The van der Waals surface area contributed by atoms with E-state index in [0.29, 0.717) is 39.3 Å². The topological polar surface area (TPSA) is 38.3 Å². The predicted molar refractivity (Wildman–Crippen MR) is 106 cm³/mol. The van der Waals surface area contributed by atoms with E-state index in [2.05, 4.69) is 19.4 Å². The highest BCUT2D eigenvalue weighted by Crippen LogP contribution is 2.32. The molecule has 2 aromatic carbocycles. The van der Waals surface area contributed by atoms with E-state index in [1.165, 1.54) is 25.7 Å².